The molecule has 3 rings (SSSR count). The Morgan fingerprint density at radius 1 is 1.21 bits per heavy atom. The van der Waals surface area contributed by atoms with E-state index in [0.29, 0.717) is 30.2 Å². The van der Waals surface area contributed by atoms with Crippen molar-refractivity contribution in [2.45, 2.75) is 17.1 Å². The molecule has 0 saturated heterocycles. The number of rotatable bonds is 4. The fourth-order valence-electron chi connectivity index (χ4n) is 2.27. The fourth-order valence-corrected chi connectivity index (χ4v) is 3.16. The summed E-state index contributed by atoms with van der Waals surface area (Å²) in [5.41, 5.74) is 1.13. The summed E-state index contributed by atoms with van der Waals surface area (Å²) < 4.78 is 11.0. The molecule has 0 saturated carbocycles. The Balaban J connectivity index is 1.64. The number of carbonyl (C=O) groups is 1. The molecule has 2 aromatic rings. The molecule has 0 aliphatic carbocycles. The molecular formula is C18H16N2O3S. The van der Waals surface area contributed by atoms with E-state index < -0.39 is 0 Å². The Labute approximate surface area is 144 Å². The molecule has 2 aromatic carbocycles. The van der Waals surface area contributed by atoms with Gasteiger partial charge in [-0.05, 0) is 43.3 Å². The maximum absolute atomic E-state index is 12.3. The van der Waals surface area contributed by atoms with E-state index in [4.69, 9.17) is 14.7 Å². The third-order valence-corrected chi connectivity index (χ3v) is 4.55. The summed E-state index contributed by atoms with van der Waals surface area (Å²) in [4.78, 5) is 13.3. The molecule has 6 heteroatoms. The van der Waals surface area contributed by atoms with Gasteiger partial charge in [-0.2, -0.15) is 5.26 Å². The first-order valence-corrected chi connectivity index (χ1v) is 8.41. The molecule has 1 aliphatic heterocycles. The van der Waals surface area contributed by atoms with Crippen LogP contribution in [0.3, 0.4) is 0 Å². The van der Waals surface area contributed by atoms with Crippen LogP contribution in [0.25, 0.3) is 0 Å². The first-order valence-electron chi connectivity index (χ1n) is 7.53. The van der Waals surface area contributed by atoms with E-state index in [1.165, 1.54) is 11.8 Å². The number of benzene rings is 2. The number of ether oxygens (including phenoxy) is 2. The van der Waals surface area contributed by atoms with Gasteiger partial charge in [0.15, 0.2) is 11.5 Å². The van der Waals surface area contributed by atoms with Crippen molar-refractivity contribution in [1.82, 2.24) is 0 Å². The standard InChI is InChI=1S/C18H16N2O3S/c1-12(18(21)20-14-4-2-3-13(9-14)11-19)24-15-5-6-16-17(10-15)23-8-7-22-16/h2-6,9-10,12H,7-8H2,1H3,(H,20,21)/t12-/m1/s1. The number of hydrogen-bond donors (Lipinski definition) is 1. The van der Waals surface area contributed by atoms with Crippen molar-refractivity contribution in [1.29, 1.82) is 5.26 Å². The molecule has 1 amide bonds. The average molecular weight is 340 g/mol. The number of thioether (sulfide) groups is 1. The van der Waals surface area contributed by atoms with Crippen LogP contribution in [0.4, 0.5) is 5.69 Å². The number of fused-ring (bicyclic) bond motifs is 1. The van der Waals surface area contributed by atoms with Gasteiger partial charge in [0.05, 0.1) is 16.9 Å². The van der Waals surface area contributed by atoms with Crippen LogP contribution >= 0.6 is 11.8 Å². The first kappa shape index (κ1) is 16.2. The van der Waals surface area contributed by atoms with Crippen molar-refractivity contribution in [3.8, 4) is 17.6 Å². The molecule has 1 aliphatic rings. The lowest BCUT2D eigenvalue weighted by atomic mass is 10.2. The maximum atomic E-state index is 12.3. The quantitative estimate of drug-likeness (QED) is 0.863. The topological polar surface area (TPSA) is 71.3 Å². The van der Waals surface area contributed by atoms with E-state index in [9.17, 15) is 4.79 Å². The zero-order valence-electron chi connectivity index (χ0n) is 13.1. The van der Waals surface area contributed by atoms with Gasteiger partial charge in [0.25, 0.3) is 0 Å². The highest BCUT2D eigenvalue weighted by molar-refractivity contribution is 8.00. The van der Waals surface area contributed by atoms with Crippen LogP contribution in [0.1, 0.15) is 12.5 Å². The molecule has 0 spiro atoms. The molecule has 1 atom stereocenters. The molecule has 24 heavy (non-hydrogen) atoms. The van der Waals surface area contributed by atoms with Gasteiger partial charge >= 0.3 is 0 Å². The van der Waals surface area contributed by atoms with E-state index in [0.717, 1.165) is 10.6 Å². The second kappa shape index (κ2) is 7.28. The molecule has 1 heterocycles. The highest BCUT2D eigenvalue weighted by atomic mass is 32.2. The summed E-state index contributed by atoms with van der Waals surface area (Å²) in [5.74, 6) is 1.32. The van der Waals surface area contributed by atoms with Crippen LogP contribution in [-0.4, -0.2) is 24.4 Å². The van der Waals surface area contributed by atoms with Crippen LogP contribution in [0, 0.1) is 11.3 Å². The predicted molar refractivity (Wildman–Crippen MR) is 92.5 cm³/mol. The Hall–Kier alpha value is -2.65. The summed E-state index contributed by atoms with van der Waals surface area (Å²) >= 11 is 1.44. The maximum Gasteiger partial charge on any atom is 0.237 e. The van der Waals surface area contributed by atoms with Gasteiger partial charge in [-0.1, -0.05) is 6.07 Å². The summed E-state index contributed by atoms with van der Waals surface area (Å²) in [6.45, 7) is 2.93. The lowest BCUT2D eigenvalue weighted by molar-refractivity contribution is -0.115. The monoisotopic (exact) mass is 340 g/mol. The zero-order chi connectivity index (χ0) is 16.9. The first-order chi connectivity index (χ1) is 11.7. The Bertz CT molecular complexity index is 801. The van der Waals surface area contributed by atoms with Crippen molar-refractivity contribution >= 4 is 23.4 Å². The van der Waals surface area contributed by atoms with Crippen molar-refractivity contribution in [2.24, 2.45) is 0 Å². The summed E-state index contributed by atoms with van der Waals surface area (Å²) in [7, 11) is 0. The molecule has 5 nitrogen and oxygen atoms in total. The van der Waals surface area contributed by atoms with Gasteiger partial charge in [-0.25, -0.2) is 0 Å². The van der Waals surface area contributed by atoms with Crippen LogP contribution in [0.2, 0.25) is 0 Å². The summed E-state index contributed by atoms with van der Waals surface area (Å²) in [5, 5.41) is 11.4. The van der Waals surface area contributed by atoms with E-state index in [2.05, 4.69) is 11.4 Å². The predicted octanol–water partition coefficient (Wildman–Crippen LogP) is 3.45. The van der Waals surface area contributed by atoms with Crippen LogP contribution in [0.15, 0.2) is 47.4 Å². The number of anilines is 1. The minimum atomic E-state index is -0.293. The summed E-state index contributed by atoms with van der Waals surface area (Å²) in [6, 6.07) is 14.6. The van der Waals surface area contributed by atoms with Crippen LogP contribution in [0.5, 0.6) is 11.5 Å². The molecule has 0 unspecified atom stereocenters. The van der Waals surface area contributed by atoms with Crippen molar-refractivity contribution in [3.05, 3.63) is 48.0 Å². The van der Waals surface area contributed by atoms with E-state index in [1.807, 2.05) is 25.1 Å². The van der Waals surface area contributed by atoms with Crippen molar-refractivity contribution in [2.75, 3.05) is 18.5 Å². The van der Waals surface area contributed by atoms with Gasteiger partial charge in [0.1, 0.15) is 13.2 Å². The number of carbonyl (C=O) groups excluding carboxylic acids is 1. The molecule has 0 bridgehead atoms. The summed E-state index contributed by atoms with van der Waals surface area (Å²) in [6.07, 6.45) is 0. The van der Waals surface area contributed by atoms with Crippen molar-refractivity contribution in [3.63, 3.8) is 0 Å². The number of amides is 1. The van der Waals surface area contributed by atoms with E-state index >= 15 is 0 Å². The SMILES string of the molecule is C[C@@H](Sc1ccc2c(c1)OCCO2)C(=O)Nc1cccc(C#N)c1. The number of nitrogens with zero attached hydrogens (tertiary/aromatic N) is 1. The Morgan fingerprint density at radius 2 is 2.00 bits per heavy atom. The van der Waals surface area contributed by atoms with Gasteiger partial charge in [0.2, 0.25) is 5.91 Å². The highest BCUT2D eigenvalue weighted by Crippen LogP contribution is 2.35. The number of hydrogen-bond acceptors (Lipinski definition) is 5. The Morgan fingerprint density at radius 3 is 2.79 bits per heavy atom. The number of nitriles is 1. The van der Waals surface area contributed by atoms with Crippen LogP contribution < -0.4 is 14.8 Å². The largest absolute Gasteiger partial charge is 0.486 e. The minimum absolute atomic E-state index is 0.120. The highest BCUT2D eigenvalue weighted by Gasteiger charge is 2.17. The molecule has 0 fully saturated rings. The fraction of sp³-hybridized carbons (Fsp3) is 0.222. The van der Waals surface area contributed by atoms with E-state index in [-0.39, 0.29) is 11.2 Å². The molecule has 0 radical (unpaired) electrons. The van der Waals surface area contributed by atoms with Crippen LogP contribution in [-0.2, 0) is 4.79 Å². The third kappa shape index (κ3) is 3.81. The molecule has 0 aromatic heterocycles. The minimum Gasteiger partial charge on any atom is -0.486 e. The van der Waals surface area contributed by atoms with Gasteiger partial charge in [-0.15, -0.1) is 11.8 Å². The molecular weight excluding hydrogens is 324 g/mol. The number of nitrogens with one attached hydrogen (secondary N) is 1. The van der Waals surface area contributed by atoms with Gasteiger partial charge in [-0.3, -0.25) is 4.79 Å². The smallest absolute Gasteiger partial charge is 0.237 e. The van der Waals surface area contributed by atoms with Gasteiger partial charge < -0.3 is 14.8 Å². The second-order valence-corrected chi connectivity index (χ2v) is 6.66. The lowest BCUT2D eigenvalue weighted by Gasteiger charge is -2.19. The average Bonchev–Trinajstić information content (AvgIpc) is 2.61. The normalized spacial score (nSPS) is 13.7. The lowest BCUT2D eigenvalue weighted by Crippen LogP contribution is -2.22. The third-order valence-electron chi connectivity index (χ3n) is 3.45. The Kier molecular flexibility index (Phi) is 4.92. The zero-order valence-corrected chi connectivity index (χ0v) is 13.9. The van der Waals surface area contributed by atoms with Crippen molar-refractivity contribution < 1.29 is 14.3 Å². The van der Waals surface area contributed by atoms with E-state index in [1.54, 1.807) is 24.3 Å². The van der Waals surface area contributed by atoms with Gasteiger partial charge in [0, 0.05) is 10.6 Å². The second-order valence-electron chi connectivity index (χ2n) is 5.25. The molecule has 1 N–H and O–H groups in total. The molecule has 122 valence electrons.